The van der Waals surface area contributed by atoms with Crippen LogP contribution >= 0.6 is 15.9 Å². The average Bonchev–Trinajstić information content (AvgIpc) is 2.39. The van der Waals surface area contributed by atoms with Gasteiger partial charge in [0, 0.05) is 10.5 Å². The minimum Gasteiger partial charge on any atom is -0.377 e. The van der Waals surface area contributed by atoms with Crippen LogP contribution < -0.4 is 5.32 Å². The first-order valence-electron chi connectivity index (χ1n) is 5.82. The van der Waals surface area contributed by atoms with Crippen molar-refractivity contribution in [2.75, 3.05) is 5.32 Å². The number of nitrogens with one attached hydrogen (secondary N) is 1. The lowest BCUT2D eigenvalue weighted by molar-refractivity contribution is 0.624. The molecule has 0 aromatic heterocycles. The lowest BCUT2D eigenvalue weighted by Crippen LogP contribution is -2.08. The molecule has 0 amide bonds. The summed E-state index contributed by atoms with van der Waals surface area (Å²) in [6, 6.07) is 14.3. The second-order valence-corrected chi connectivity index (χ2v) is 5.11. The van der Waals surface area contributed by atoms with E-state index in [0.717, 1.165) is 10.0 Å². The van der Waals surface area contributed by atoms with Gasteiger partial charge in [0.2, 0.25) is 0 Å². The Morgan fingerprint density at radius 2 is 1.89 bits per heavy atom. The molecular weight excluding hydrogens is 307 g/mol. The Kier molecular flexibility index (Phi) is 4.18. The molecule has 2 aromatic carbocycles. The molecule has 2 rings (SSSR count). The Hall–Kier alpha value is -1.86. The predicted molar refractivity (Wildman–Crippen MR) is 77.3 cm³/mol. The summed E-state index contributed by atoms with van der Waals surface area (Å²) in [5.41, 5.74) is 1.63. The molecule has 0 saturated heterocycles. The highest BCUT2D eigenvalue weighted by Gasteiger charge is 2.11. The minimum absolute atomic E-state index is 0.0120. The first-order chi connectivity index (χ1) is 9.11. The van der Waals surface area contributed by atoms with Crippen LogP contribution in [0.2, 0.25) is 0 Å². The molecule has 0 fully saturated rings. The third-order valence-electron chi connectivity index (χ3n) is 2.87. The van der Waals surface area contributed by atoms with Crippen molar-refractivity contribution in [3.05, 3.63) is 63.9 Å². The smallest absolute Gasteiger partial charge is 0.143 e. The molecule has 1 atom stereocenters. The second kappa shape index (κ2) is 5.85. The van der Waals surface area contributed by atoms with E-state index in [1.807, 2.05) is 37.3 Å². The predicted octanol–water partition coefficient (Wildman–Crippen LogP) is 4.63. The van der Waals surface area contributed by atoms with Gasteiger partial charge in [0.05, 0.1) is 5.69 Å². The Morgan fingerprint density at radius 3 is 2.53 bits per heavy atom. The van der Waals surface area contributed by atoms with Gasteiger partial charge in [0.15, 0.2) is 0 Å². The number of anilines is 1. The third-order valence-corrected chi connectivity index (χ3v) is 3.40. The molecule has 1 N–H and O–H groups in total. The normalized spacial score (nSPS) is 11.7. The summed E-state index contributed by atoms with van der Waals surface area (Å²) in [7, 11) is 0. The Labute approximate surface area is 120 Å². The van der Waals surface area contributed by atoms with E-state index in [4.69, 9.17) is 5.26 Å². The highest BCUT2D eigenvalue weighted by molar-refractivity contribution is 9.10. The lowest BCUT2D eigenvalue weighted by Gasteiger charge is -2.17. The zero-order valence-corrected chi connectivity index (χ0v) is 11.9. The average molecular weight is 319 g/mol. The van der Waals surface area contributed by atoms with E-state index in [9.17, 15) is 4.39 Å². The van der Waals surface area contributed by atoms with Gasteiger partial charge in [0.25, 0.3) is 0 Å². The van der Waals surface area contributed by atoms with Crippen LogP contribution in [-0.4, -0.2) is 0 Å². The van der Waals surface area contributed by atoms with Crippen molar-refractivity contribution in [2.45, 2.75) is 13.0 Å². The van der Waals surface area contributed by atoms with Gasteiger partial charge < -0.3 is 5.32 Å². The quantitative estimate of drug-likeness (QED) is 0.895. The van der Waals surface area contributed by atoms with Gasteiger partial charge in [-0.1, -0.05) is 34.1 Å². The third kappa shape index (κ3) is 3.12. The maximum Gasteiger partial charge on any atom is 0.143 e. The summed E-state index contributed by atoms with van der Waals surface area (Å²) < 4.78 is 14.5. The Bertz CT molecular complexity index is 617. The van der Waals surface area contributed by atoms with Crippen LogP contribution in [0.15, 0.2) is 46.9 Å². The summed E-state index contributed by atoms with van der Waals surface area (Å²) in [6.07, 6.45) is 0. The molecule has 0 aliphatic heterocycles. The van der Waals surface area contributed by atoms with Crippen LogP contribution in [0.5, 0.6) is 0 Å². The van der Waals surface area contributed by atoms with Crippen LogP contribution in [0.4, 0.5) is 10.1 Å². The van der Waals surface area contributed by atoms with Gasteiger partial charge in [-0.25, -0.2) is 4.39 Å². The largest absolute Gasteiger partial charge is 0.377 e. The molecule has 0 saturated carbocycles. The second-order valence-electron chi connectivity index (χ2n) is 4.19. The van der Waals surface area contributed by atoms with Crippen molar-refractivity contribution in [3.63, 3.8) is 0 Å². The maximum atomic E-state index is 13.5. The zero-order chi connectivity index (χ0) is 13.8. The number of rotatable bonds is 3. The first kappa shape index (κ1) is 13.6. The van der Waals surface area contributed by atoms with Gasteiger partial charge in [0.1, 0.15) is 17.4 Å². The molecular formula is C15H12BrFN2. The number of nitrogens with zero attached hydrogens (tertiary/aromatic N) is 1. The highest BCUT2D eigenvalue weighted by atomic mass is 79.9. The topological polar surface area (TPSA) is 35.8 Å². The molecule has 19 heavy (non-hydrogen) atoms. The fraction of sp³-hybridized carbons (Fsp3) is 0.133. The molecule has 0 heterocycles. The summed E-state index contributed by atoms with van der Waals surface area (Å²) in [5.74, 6) is -0.504. The summed E-state index contributed by atoms with van der Waals surface area (Å²) in [6.45, 7) is 1.97. The van der Waals surface area contributed by atoms with Gasteiger partial charge in [-0.2, -0.15) is 5.26 Å². The van der Waals surface area contributed by atoms with E-state index in [1.54, 1.807) is 12.1 Å². The fourth-order valence-electron chi connectivity index (χ4n) is 1.83. The van der Waals surface area contributed by atoms with Crippen LogP contribution in [0, 0.1) is 17.1 Å². The van der Waals surface area contributed by atoms with Crippen molar-refractivity contribution in [1.82, 2.24) is 0 Å². The number of hydrogen-bond acceptors (Lipinski definition) is 2. The molecule has 0 aliphatic rings. The van der Waals surface area contributed by atoms with Crippen LogP contribution in [0.1, 0.15) is 24.1 Å². The van der Waals surface area contributed by atoms with Crippen molar-refractivity contribution in [2.24, 2.45) is 0 Å². The molecule has 2 nitrogen and oxygen atoms in total. The molecule has 0 spiro atoms. The summed E-state index contributed by atoms with van der Waals surface area (Å²) in [4.78, 5) is 0. The molecule has 1 unspecified atom stereocenters. The van der Waals surface area contributed by atoms with Crippen molar-refractivity contribution >= 4 is 21.6 Å². The lowest BCUT2D eigenvalue weighted by atomic mass is 10.1. The monoisotopic (exact) mass is 318 g/mol. The van der Waals surface area contributed by atoms with Crippen molar-refractivity contribution < 1.29 is 4.39 Å². The molecule has 0 aliphatic carbocycles. The first-order valence-corrected chi connectivity index (χ1v) is 6.61. The Balaban J connectivity index is 2.24. The van der Waals surface area contributed by atoms with E-state index >= 15 is 0 Å². The van der Waals surface area contributed by atoms with Gasteiger partial charge >= 0.3 is 0 Å². The minimum atomic E-state index is -0.504. The zero-order valence-electron chi connectivity index (χ0n) is 10.3. The summed E-state index contributed by atoms with van der Waals surface area (Å²) >= 11 is 3.38. The van der Waals surface area contributed by atoms with Crippen LogP contribution in [0.3, 0.4) is 0 Å². The Morgan fingerprint density at radius 1 is 1.21 bits per heavy atom. The number of benzene rings is 2. The number of halogens is 2. The standard InChI is InChI=1S/C15H12BrFN2/c1-10(11-5-7-12(16)8-6-11)19-15-4-2-3-14(17)13(15)9-18/h2-8,10,19H,1H3. The summed E-state index contributed by atoms with van der Waals surface area (Å²) in [5, 5.41) is 12.1. The number of nitriles is 1. The molecule has 96 valence electrons. The van der Waals surface area contributed by atoms with Crippen LogP contribution in [-0.2, 0) is 0 Å². The van der Waals surface area contributed by atoms with E-state index in [0.29, 0.717) is 5.69 Å². The number of hydrogen-bond donors (Lipinski definition) is 1. The molecule has 0 bridgehead atoms. The van der Waals surface area contributed by atoms with Gasteiger partial charge in [-0.3, -0.25) is 0 Å². The van der Waals surface area contributed by atoms with Gasteiger partial charge in [-0.15, -0.1) is 0 Å². The molecule has 2 aromatic rings. The van der Waals surface area contributed by atoms with E-state index in [-0.39, 0.29) is 11.6 Å². The van der Waals surface area contributed by atoms with Crippen LogP contribution in [0.25, 0.3) is 0 Å². The van der Waals surface area contributed by atoms with E-state index in [2.05, 4.69) is 21.2 Å². The maximum absolute atomic E-state index is 13.5. The fourth-order valence-corrected chi connectivity index (χ4v) is 2.09. The SMILES string of the molecule is CC(Nc1cccc(F)c1C#N)c1ccc(Br)cc1. The van der Waals surface area contributed by atoms with E-state index in [1.165, 1.54) is 6.07 Å². The molecule has 0 radical (unpaired) electrons. The van der Waals surface area contributed by atoms with Crippen molar-refractivity contribution in [1.29, 1.82) is 5.26 Å². The van der Waals surface area contributed by atoms with E-state index < -0.39 is 5.82 Å². The van der Waals surface area contributed by atoms with Gasteiger partial charge in [-0.05, 0) is 36.8 Å². The molecule has 4 heteroatoms. The van der Waals surface area contributed by atoms with Crippen molar-refractivity contribution in [3.8, 4) is 6.07 Å². The highest BCUT2D eigenvalue weighted by Crippen LogP contribution is 2.24.